The molecule has 0 saturated heterocycles. The lowest BCUT2D eigenvalue weighted by molar-refractivity contribution is -0.128. The summed E-state index contributed by atoms with van der Waals surface area (Å²) in [4.78, 5) is 41.6. The molecule has 0 bridgehead atoms. The van der Waals surface area contributed by atoms with Gasteiger partial charge in [-0.25, -0.2) is 0 Å². The molecule has 0 fully saturated rings. The number of halogens is 1. The second kappa shape index (κ2) is 12.1. The third kappa shape index (κ3) is 7.20. The van der Waals surface area contributed by atoms with Gasteiger partial charge >= 0.3 is 0 Å². The van der Waals surface area contributed by atoms with Gasteiger partial charge in [-0.1, -0.05) is 60.1 Å². The number of amides is 3. The first-order chi connectivity index (χ1) is 17.5. The van der Waals surface area contributed by atoms with Gasteiger partial charge in [-0.05, 0) is 51.8 Å². The summed E-state index contributed by atoms with van der Waals surface area (Å²) in [5.74, 6) is -0.312. The number of benzene rings is 2. The number of carbonyl (C=O) groups is 3. The molecule has 37 heavy (non-hydrogen) atoms. The molecule has 1 heterocycles. The molecule has 1 unspecified atom stereocenters. The number of aryl methyl sites for hydroxylation is 2. The van der Waals surface area contributed by atoms with Crippen molar-refractivity contribution in [3.8, 4) is 0 Å². The summed E-state index contributed by atoms with van der Waals surface area (Å²) in [6.45, 7) is 9.40. The van der Waals surface area contributed by atoms with Crippen molar-refractivity contribution in [1.82, 2.24) is 10.5 Å². The monoisotopic (exact) mass is 524 g/mol. The summed E-state index contributed by atoms with van der Waals surface area (Å²) in [5.41, 5.74) is 1.35. The molecule has 0 saturated carbocycles. The molecule has 196 valence electrons. The third-order valence-corrected chi connectivity index (χ3v) is 6.50. The zero-order valence-corrected chi connectivity index (χ0v) is 22.6. The van der Waals surface area contributed by atoms with Crippen LogP contribution in [0, 0.1) is 13.8 Å². The maximum absolute atomic E-state index is 13.8. The Labute approximate surface area is 222 Å². The maximum atomic E-state index is 13.8. The first kappa shape index (κ1) is 27.9. The van der Waals surface area contributed by atoms with Gasteiger partial charge in [0.1, 0.15) is 11.8 Å². The molecule has 0 aliphatic carbocycles. The van der Waals surface area contributed by atoms with Crippen LogP contribution in [0.4, 0.5) is 11.5 Å². The van der Waals surface area contributed by atoms with Crippen LogP contribution in [0.2, 0.25) is 5.02 Å². The molecule has 8 nitrogen and oxygen atoms in total. The smallest absolute Gasteiger partial charge is 0.248 e. The molecule has 0 spiro atoms. The number of aromatic nitrogens is 1. The van der Waals surface area contributed by atoms with Crippen molar-refractivity contribution in [2.45, 2.75) is 65.5 Å². The molecule has 9 heteroatoms. The fraction of sp³-hybridized carbons (Fsp3) is 0.357. The average molecular weight is 525 g/mol. The van der Waals surface area contributed by atoms with Gasteiger partial charge in [0.25, 0.3) is 0 Å². The number of anilines is 2. The minimum atomic E-state index is -1.05. The van der Waals surface area contributed by atoms with Gasteiger partial charge in [0.2, 0.25) is 17.7 Å². The summed E-state index contributed by atoms with van der Waals surface area (Å²) in [7, 11) is 0. The minimum Gasteiger partial charge on any atom is -0.360 e. The number of nitrogens with zero attached hydrogens (tertiary/aromatic N) is 2. The summed E-state index contributed by atoms with van der Waals surface area (Å²) >= 11 is 6.57. The number of nitrogens with one attached hydrogen (secondary N) is 2. The Balaban J connectivity index is 1.99. The highest BCUT2D eigenvalue weighted by molar-refractivity contribution is 6.31. The Hall–Kier alpha value is -3.65. The lowest BCUT2D eigenvalue weighted by Gasteiger charge is -2.35. The Bertz CT molecular complexity index is 1270. The molecule has 0 radical (unpaired) electrons. The molecular weight excluding hydrogens is 492 g/mol. The van der Waals surface area contributed by atoms with Crippen LogP contribution in [0.1, 0.15) is 63.0 Å². The van der Waals surface area contributed by atoms with Gasteiger partial charge in [-0.3, -0.25) is 19.3 Å². The quantitative estimate of drug-likeness (QED) is 0.352. The highest BCUT2D eigenvalue weighted by Crippen LogP contribution is 2.35. The van der Waals surface area contributed by atoms with Crippen LogP contribution in [-0.2, 0) is 14.4 Å². The van der Waals surface area contributed by atoms with Crippen molar-refractivity contribution in [3.63, 3.8) is 0 Å². The minimum absolute atomic E-state index is 0.107. The van der Waals surface area contributed by atoms with E-state index < -0.39 is 23.4 Å². The molecule has 3 amide bonds. The average Bonchev–Trinajstić information content (AvgIpc) is 3.26. The zero-order chi connectivity index (χ0) is 27.2. The second-order valence-electron chi connectivity index (χ2n) is 9.57. The van der Waals surface area contributed by atoms with Crippen LogP contribution in [0.15, 0.2) is 59.1 Å². The Morgan fingerprint density at radius 1 is 1.05 bits per heavy atom. The largest absolute Gasteiger partial charge is 0.360 e. The van der Waals surface area contributed by atoms with Crippen molar-refractivity contribution in [2.75, 3.05) is 10.2 Å². The molecular formula is C28H33ClN4O4. The molecule has 0 aliphatic rings. The number of hydrogen-bond donors (Lipinski definition) is 2. The zero-order valence-electron chi connectivity index (χ0n) is 21.8. The van der Waals surface area contributed by atoms with Crippen LogP contribution in [0.25, 0.3) is 0 Å². The third-order valence-electron chi connectivity index (χ3n) is 6.16. The van der Waals surface area contributed by atoms with Crippen molar-refractivity contribution in [2.24, 2.45) is 0 Å². The van der Waals surface area contributed by atoms with Gasteiger partial charge in [0, 0.05) is 40.7 Å². The summed E-state index contributed by atoms with van der Waals surface area (Å²) in [5, 5.41) is 9.81. The molecule has 3 rings (SSSR count). The molecule has 1 atom stereocenters. The van der Waals surface area contributed by atoms with Crippen LogP contribution in [-0.4, -0.2) is 28.4 Å². The molecule has 1 aromatic heterocycles. The highest BCUT2D eigenvalue weighted by atomic mass is 35.5. The summed E-state index contributed by atoms with van der Waals surface area (Å²) < 4.78 is 4.97. The first-order valence-electron chi connectivity index (χ1n) is 12.2. The van der Waals surface area contributed by atoms with E-state index in [9.17, 15) is 14.4 Å². The number of para-hydroxylation sites is 1. The van der Waals surface area contributed by atoms with Gasteiger partial charge in [0.05, 0.1) is 0 Å². The topological polar surface area (TPSA) is 105 Å². The van der Waals surface area contributed by atoms with E-state index in [4.69, 9.17) is 16.1 Å². The van der Waals surface area contributed by atoms with Gasteiger partial charge < -0.3 is 15.2 Å². The van der Waals surface area contributed by atoms with E-state index in [0.29, 0.717) is 28.5 Å². The normalized spacial score (nSPS) is 12.1. The number of carbonyl (C=O) groups excluding carboxylic acids is 3. The van der Waals surface area contributed by atoms with E-state index in [1.165, 1.54) is 4.90 Å². The molecule has 0 aliphatic heterocycles. The summed E-state index contributed by atoms with van der Waals surface area (Å²) in [6.07, 6.45) is 0.445. The van der Waals surface area contributed by atoms with Gasteiger partial charge in [-0.2, -0.15) is 0 Å². The fourth-order valence-electron chi connectivity index (χ4n) is 3.81. The molecule has 2 aromatic carbocycles. The van der Waals surface area contributed by atoms with Crippen molar-refractivity contribution in [1.29, 1.82) is 0 Å². The lowest BCUT2D eigenvalue weighted by atomic mass is 9.97. The fourth-order valence-corrected chi connectivity index (χ4v) is 4.05. The van der Waals surface area contributed by atoms with E-state index in [1.807, 2.05) is 39.8 Å². The Morgan fingerprint density at radius 3 is 2.35 bits per heavy atom. The van der Waals surface area contributed by atoms with Gasteiger partial charge in [-0.15, -0.1) is 0 Å². The van der Waals surface area contributed by atoms with E-state index in [0.717, 1.165) is 5.56 Å². The molecule has 2 N–H and O–H groups in total. The van der Waals surface area contributed by atoms with Crippen molar-refractivity contribution < 1.29 is 18.9 Å². The second-order valence-corrected chi connectivity index (χ2v) is 9.98. The van der Waals surface area contributed by atoms with E-state index in [1.54, 1.807) is 49.4 Å². The van der Waals surface area contributed by atoms with E-state index in [2.05, 4.69) is 15.8 Å². The predicted octanol–water partition coefficient (Wildman–Crippen LogP) is 5.74. The van der Waals surface area contributed by atoms with E-state index >= 15 is 0 Å². The van der Waals surface area contributed by atoms with Crippen LogP contribution in [0.3, 0.4) is 0 Å². The van der Waals surface area contributed by atoms with Crippen LogP contribution in [0.5, 0.6) is 0 Å². The van der Waals surface area contributed by atoms with Crippen LogP contribution >= 0.6 is 11.6 Å². The van der Waals surface area contributed by atoms with Crippen molar-refractivity contribution in [3.05, 3.63) is 76.5 Å². The lowest BCUT2D eigenvalue weighted by Crippen LogP contribution is -2.50. The van der Waals surface area contributed by atoms with Crippen molar-refractivity contribution >= 4 is 40.8 Å². The maximum Gasteiger partial charge on any atom is 0.248 e. The predicted molar refractivity (Wildman–Crippen MR) is 144 cm³/mol. The SMILES string of the molecule is CCC(C)(C)NC(=O)C(c1ccccc1Cl)N(C(=O)CCC(=O)Nc1cc(C)on1)c1ccccc1C. The molecule has 3 aromatic rings. The van der Waals surface area contributed by atoms with Crippen LogP contribution < -0.4 is 15.5 Å². The number of rotatable bonds is 10. The first-order valence-corrected chi connectivity index (χ1v) is 12.6. The number of hydrogen-bond acceptors (Lipinski definition) is 5. The van der Waals surface area contributed by atoms with Gasteiger partial charge in [0.15, 0.2) is 5.82 Å². The highest BCUT2D eigenvalue weighted by Gasteiger charge is 2.36. The Morgan fingerprint density at radius 2 is 1.73 bits per heavy atom. The summed E-state index contributed by atoms with van der Waals surface area (Å²) in [6, 6.07) is 14.8. The standard InChI is InChI=1S/C28H33ClN4O4/c1-6-28(4,5)31-27(36)26(20-12-8-9-13-21(20)29)33(22-14-10-7-11-18(22)2)25(35)16-15-24(34)30-23-17-19(3)37-32-23/h7-14,17,26H,6,15-16H2,1-5H3,(H,31,36)(H,30,32,34). The Kier molecular flexibility index (Phi) is 9.10. The van der Waals surface area contributed by atoms with E-state index in [-0.39, 0.29) is 24.6 Å².